The number of piperazine rings is 4. The van der Waals surface area contributed by atoms with Crippen LogP contribution in [0.4, 0.5) is 32.9 Å². The molecule has 0 spiro atoms. The topological polar surface area (TPSA) is 386 Å². The van der Waals surface area contributed by atoms with Crippen molar-refractivity contribution < 1.29 is 47.7 Å². The van der Waals surface area contributed by atoms with E-state index in [0.29, 0.717) is 90.6 Å². The molecule has 0 atom stereocenters. The number of anilines is 4. The molecule has 0 unspecified atom stereocenters. The first-order valence-corrected chi connectivity index (χ1v) is 54.0. The number of aromatic amines is 2. The van der Waals surface area contributed by atoms with E-state index in [1.165, 1.54) is 40.8 Å². The van der Waals surface area contributed by atoms with Crippen LogP contribution in [0.1, 0.15) is 39.3 Å². The van der Waals surface area contributed by atoms with Crippen LogP contribution in [-0.4, -0.2) is 371 Å². The van der Waals surface area contributed by atoms with Gasteiger partial charge in [0, 0.05) is 273 Å². The molecule has 12 aromatic heterocycles. The quantitative estimate of drug-likeness (QED) is 0.0501. The molecule has 39 nitrogen and oxygen atoms in total. The minimum atomic E-state index is -0.288. The van der Waals surface area contributed by atoms with Crippen LogP contribution in [0.3, 0.4) is 0 Å². The van der Waals surface area contributed by atoms with E-state index in [2.05, 4.69) is 136 Å². The van der Waals surface area contributed by atoms with Crippen LogP contribution in [0.2, 0.25) is 0 Å². The lowest BCUT2D eigenvalue weighted by Gasteiger charge is -2.34. The predicted molar refractivity (Wildman–Crippen MR) is 579 cm³/mol. The van der Waals surface area contributed by atoms with Gasteiger partial charge in [-0.25, -0.2) is 59.4 Å². The molecule has 43 heteroatoms. The summed E-state index contributed by atoms with van der Waals surface area (Å²) < 4.78 is 29.9. The van der Waals surface area contributed by atoms with Gasteiger partial charge in [0.05, 0.1) is 124 Å². The standard InChI is InChI=1S/C31H36N8O4S.C26H27N9O2S.C25H27N7O2S.C24H27N5O2S/c1-2-4-21(40)7-8-27(41)32-19-28(42)38-11-9-37(10-12-38)20-22-17-26-29(44-22)31(39-13-15-43-16-14-39)35-30(34-26)23-5-3-6-25-24(23)18-33-36-25;36-26(35-5-4-27-17-35)34-8-6-32(7-9-34)16-18-14-22-23(38-18)25(33-10-12-37-13-11-33)30-24(29-22)19-2-1-3-21-20(19)15-28-31-21;33-25(32-7-6-26-18-32)31-10-8-29(9-11-31)17-20-16-21-22(35-20)24(30-12-14-34-15-13-30)28-23(27-21)19-4-2-1-3-5-19;1-2-21(30)28-10-8-27(9-11-28)17-19-16-20-22(32-19)24(29-12-14-31-15-13-29)26-23(25-20)18-6-4-3-5-7-18/h2-6,17-18H,7-16,19-20H2,1H3,(H,32,41)(H,33,36);1-5,14-15,17H,6-13,16H2,(H,28,31);1-7,16,18H,8-15,17H2;2-7,16H,1,8-15,17H2/b4-2+;;;. The number of H-pyrrole nitrogens is 2. The molecule has 0 radical (unpaired) electrons. The molecule has 8 aliphatic rings. The zero-order valence-corrected chi connectivity index (χ0v) is 86.3. The number of benzene rings is 4. The number of nitrogens with zero attached hydrogens (tertiary/aromatic N) is 26. The van der Waals surface area contributed by atoms with Crippen molar-refractivity contribution in [3.63, 3.8) is 0 Å². The fourth-order valence-electron chi connectivity index (χ4n) is 19.6. The lowest BCUT2D eigenvalue weighted by Crippen LogP contribution is -2.50. The second-order valence-corrected chi connectivity index (χ2v) is 41.9. The number of ether oxygens (including phenoxy) is 4. The third-order valence-corrected chi connectivity index (χ3v) is 32.0. The number of aromatic nitrogens is 16. The molecular formula is C106H117N29O10S4. The minimum Gasteiger partial charge on any atom is -0.378 e. The molecule has 24 rings (SSSR count). The average molecular weight is 2090 g/mol. The molecule has 0 aliphatic carbocycles. The van der Waals surface area contributed by atoms with Crippen molar-refractivity contribution in [1.82, 2.24) is 124 Å². The number of amides is 5. The summed E-state index contributed by atoms with van der Waals surface area (Å²) in [7, 11) is 0. The van der Waals surface area contributed by atoms with Gasteiger partial charge in [0.25, 0.3) is 0 Å². The zero-order valence-electron chi connectivity index (χ0n) is 83.0. The average Bonchev–Trinajstić information content (AvgIpc) is 1.64. The smallest absolute Gasteiger partial charge is 0.329 e. The molecule has 0 saturated carbocycles. The maximum atomic E-state index is 12.7. The monoisotopic (exact) mass is 2080 g/mol. The van der Waals surface area contributed by atoms with Crippen molar-refractivity contribution in [3.8, 4) is 45.6 Å². The van der Waals surface area contributed by atoms with Gasteiger partial charge >= 0.3 is 12.1 Å². The third kappa shape index (κ3) is 24.1. The lowest BCUT2D eigenvalue weighted by atomic mass is 10.1. The number of rotatable bonds is 23. The Balaban J connectivity index is 0.000000117. The third-order valence-electron chi connectivity index (χ3n) is 27.6. The first-order valence-electron chi connectivity index (χ1n) is 50.7. The van der Waals surface area contributed by atoms with Crippen molar-refractivity contribution in [2.75, 3.05) is 236 Å². The Morgan fingerprint density at radius 2 is 0.732 bits per heavy atom. The maximum absolute atomic E-state index is 12.7. The Kier molecular flexibility index (Phi) is 32.1. The van der Waals surface area contributed by atoms with Crippen LogP contribution in [0.25, 0.3) is 108 Å². The summed E-state index contributed by atoms with van der Waals surface area (Å²) in [6.45, 7) is 32.7. The Hall–Kier alpha value is -14.2. The molecule has 8 fully saturated rings. The molecule has 8 aliphatic heterocycles. The van der Waals surface area contributed by atoms with E-state index in [-0.39, 0.29) is 55.0 Å². The van der Waals surface area contributed by atoms with Crippen molar-refractivity contribution in [2.24, 2.45) is 0 Å². The van der Waals surface area contributed by atoms with Crippen molar-refractivity contribution in [3.05, 3.63) is 215 Å². The summed E-state index contributed by atoms with van der Waals surface area (Å²) in [6.07, 6.45) is 18.2. The Bertz CT molecular complexity index is 7390. The zero-order chi connectivity index (χ0) is 101. The Labute approximate surface area is 875 Å². The highest BCUT2D eigenvalue weighted by Gasteiger charge is 2.33. The largest absolute Gasteiger partial charge is 0.378 e. The number of carbonyl (C=O) groups excluding carboxylic acids is 6. The lowest BCUT2D eigenvalue weighted by molar-refractivity contribution is -0.134. The molecule has 5 amide bonds. The summed E-state index contributed by atoms with van der Waals surface area (Å²) in [5.74, 6) is 6.37. The summed E-state index contributed by atoms with van der Waals surface area (Å²) in [5.41, 5.74) is 9.76. The van der Waals surface area contributed by atoms with Crippen LogP contribution < -0.4 is 24.9 Å². The number of carbonyl (C=O) groups is 6. The van der Waals surface area contributed by atoms with E-state index >= 15 is 0 Å². The van der Waals surface area contributed by atoms with Gasteiger partial charge in [-0.2, -0.15) is 10.2 Å². The van der Waals surface area contributed by atoms with Gasteiger partial charge in [-0.15, -0.1) is 45.3 Å². The molecule has 16 aromatic rings. The van der Waals surface area contributed by atoms with Crippen LogP contribution in [0.15, 0.2) is 196 Å². The van der Waals surface area contributed by atoms with E-state index < -0.39 is 0 Å². The van der Waals surface area contributed by atoms with E-state index in [1.54, 1.807) is 101 Å². The van der Waals surface area contributed by atoms with Gasteiger partial charge in [0.2, 0.25) is 17.7 Å². The van der Waals surface area contributed by atoms with Gasteiger partial charge in [-0.1, -0.05) is 97.6 Å². The van der Waals surface area contributed by atoms with E-state index in [9.17, 15) is 28.8 Å². The van der Waals surface area contributed by atoms with Gasteiger partial charge in [-0.3, -0.25) is 58.1 Å². The predicted octanol–water partition coefficient (Wildman–Crippen LogP) is 12.0. The Morgan fingerprint density at radius 1 is 0.389 bits per heavy atom. The van der Waals surface area contributed by atoms with E-state index in [4.69, 9.17) is 58.8 Å². The van der Waals surface area contributed by atoms with Crippen molar-refractivity contribution in [2.45, 2.75) is 45.9 Å². The number of nitrogens with one attached hydrogen (secondary N) is 3. The second-order valence-electron chi connectivity index (χ2n) is 37.3. The van der Waals surface area contributed by atoms with Crippen LogP contribution >= 0.6 is 45.3 Å². The van der Waals surface area contributed by atoms with E-state index in [0.717, 1.165) is 277 Å². The summed E-state index contributed by atoms with van der Waals surface area (Å²) >= 11 is 7.05. The van der Waals surface area contributed by atoms with Gasteiger partial charge < -0.3 is 63.5 Å². The molecule has 770 valence electrons. The van der Waals surface area contributed by atoms with Crippen LogP contribution in [0, 0.1) is 0 Å². The highest BCUT2D eigenvalue weighted by molar-refractivity contribution is 7.20. The van der Waals surface area contributed by atoms with Crippen molar-refractivity contribution in [1.29, 1.82) is 0 Å². The molecule has 8 saturated heterocycles. The number of thiophene rings is 4. The Morgan fingerprint density at radius 3 is 1.07 bits per heavy atom. The molecule has 149 heavy (non-hydrogen) atoms. The number of hydrogen-bond acceptors (Lipinski definition) is 34. The second kappa shape index (κ2) is 47.5. The highest BCUT2D eigenvalue weighted by atomic mass is 32.1. The fourth-order valence-corrected chi connectivity index (χ4v) is 24.2. The number of imidazole rings is 2. The summed E-state index contributed by atoms with van der Waals surface area (Å²) in [4.78, 5) is 153. The number of ketones is 1. The fraction of sp³-hybridized carbons (Fsp3) is 0.377. The summed E-state index contributed by atoms with van der Waals surface area (Å²) in [5, 5.41) is 19.2. The minimum absolute atomic E-state index is 0.0112. The summed E-state index contributed by atoms with van der Waals surface area (Å²) in [6, 6.07) is 41.2. The first-order chi connectivity index (χ1) is 73.2. The number of morpholine rings is 4. The van der Waals surface area contributed by atoms with Crippen LogP contribution in [0.5, 0.6) is 0 Å². The normalized spacial score (nSPS) is 17.0. The number of fused-ring (bicyclic) bond motifs is 6. The van der Waals surface area contributed by atoms with Crippen molar-refractivity contribution >= 4 is 167 Å². The molecule has 3 N–H and O–H groups in total. The maximum Gasteiger partial charge on any atom is 0.329 e. The van der Waals surface area contributed by atoms with Gasteiger partial charge in [0.1, 0.15) is 12.7 Å². The highest BCUT2D eigenvalue weighted by Crippen LogP contribution is 2.42. The molecular weight excluding hydrogens is 1970 g/mol. The van der Waals surface area contributed by atoms with Crippen LogP contribution in [-0.2, 0) is 64.3 Å². The first kappa shape index (κ1) is 101. The number of hydrogen-bond donors (Lipinski definition) is 3. The molecule has 4 aromatic carbocycles. The van der Waals surface area contributed by atoms with Gasteiger partial charge in [0.15, 0.2) is 52.4 Å². The van der Waals surface area contributed by atoms with E-state index in [1.807, 2.05) is 93.8 Å². The molecule has 20 heterocycles. The number of allylic oxidation sites excluding steroid dienone is 2. The SMILES string of the molecule is C/C=C/C(=O)CCC(=O)NCC(=O)N1CCN(Cc2cc3nc(-c4cccc5[nH]ncc45)nc(N4CCOCC4)c3s2)CC1.C=CC(=O)N1CCN(Cc2cc3nc(-c4ccccc4)nc(N4CCOCC4)c3s2)CC1.O=C(N1CCN(Cc2cc3nc(-c4cccc5[nH]ncc45)nc(N4CCOCC4)c3s2)CC1)n1ccnc1.O=C(N1CCN(Cc2cc3nc(-c4ccccc4)nc(N4CCOCC4)c3s2)CC1)n1ccnc1. The molecule has 0 bridgehead atoms. The van der Waals surface area contributed by atoms with Gasteiger partial charge in [-0.05, 0) is 55.5 Å².